The number of carbonyl (C=O) groups excluding carboxylic acids is 1. The van der Waals surface area contributed by atoms with E-state index in [2.05, 4.69) is 28.6 Å². The van der Waals surface area contributed by atoms with Gasteiger partial charge in [0.2, 0.25) is 5.91 Å². The van der Waals surface area contributed by atoms with E-state index < -0.39 is 0 Å². The maximum atomic E-state index is 11.1. The first-order valence-electron chi connectivity index (χ1n) is 6.68. The first kappa shape index (κ1) is 14.7. The molecule has 106 valence electrons. The Morgan fingerprint density at radius 3 is 2.95 bits per heavy atom. The first-order valence-corrected chi connectivity index (χ1v) is 7.56. The number of hydrogen-bond acceptors (Lipinski definition) is 4. The van der Waals surface area contributed by atoms with E-state index in [1.807, 2.05) is 23.7 Å². The van der Waals surface area contributed by atoms with Crippen LogP contribution in [0.5, 0.6) is 0 Å². The highest BCUT2D eigenvalue weighted by molar-refractivity contribution is 7.10. The second kappa shape index (κ2) is 7.17. The van der Waals surface area contributed by atoms with Crippen LogP contribution in [0.25, 0.3) is 0 Å². The topological polar surface area (TPSA) is 54.0 Å². The van der Waals surface area contributed by atoms with Crippen molar-refractivity contribution in [2.75, 3.05) is 5.32 Å². The monoisotopic (exact) mass is 289 g/mol. The van der Waals surface area contributed by atoms with Crippen molar-refractivity contribution in [3.8, 4) is 0 Å². The Bertz CT molecular complexity index is 580. The van der Waals surface area contributed by atoms with E-state index in [1.165, 1.54) is 12.5 Å². The molecular formula is C15H19N3OS. The number of carbonyl (C=O) groups is 1. The van der Waals surface area contributed by atoms with E-state index in [1.54, 1.807) is 11.3 Å². The Morgan fingerprint density at radius 2 is 2.20 bits per heavy atom. The minimum Gasteiger partial charge on any atom is -0.325 e. The molecule has 0 aliphatic rings. The first-order chi connectivity index (χ1) is 9.70. The van der Waals surface area contributed by atoms with E-state index in [4.69, 9.17) is 0 Å². The van der Waals surface area contributed by atoms with Gasteiger partial charge in [0.15, 0.2) is 0 Å². The molecule has 0 bridgehead atoms. The summed E-state index contributed by atoms with van der Waals surface area (Å²) in [4.78, 5) is 16.6. The number of amides is 1. The average molecular weight is 289 g/mol. The third-order valence-corrected chi connectivity index (χ3v) is 3.92. The Hall–Kier alpha value is -1.72. The van der Waals surface area contributed by atoms with Crippen LogP contribution >= 0.6 is 11.3 Å². The van der Waals surface area contributed by atoms with Crippen molar-refractivity contribution in [1.82, 2.24) is 10.3 Å². The third-order valence-electron chi connectivity index (χ3n) is 3.00. The van der Waals surface area contributed by atoms with Gasteiger partial charge in [0.25, 0.3) is 0 Å². The van der Waals surface area contributed by atoms with Crippen molar-refractivity contribution >= 4 is 22.9 Å². The van der Waals surface area contributed by atoms with Gasteiger partial charge >= 0.3 is 0 Å². The zero-order valence-electron chi connectivity index (χ0n) is 11.8. The van der Waals surface area contributed by atoms with Gasteiger partial charge in [-0.2, -0.15) is 0 Å². The van der Waals surface area contributed by atoms with Crippen LogP contribution in [0.2, 0.25) is 0 Å². The van der Waals surface area contributed by atoms with Crippen molar-refractivity contribution in [1.29, 1.82) is 0 Å². The lowest BCUT2D eigenvalue weighted by Crippen LogP contribution is -2.16. The number of thiophene rings is 1. The summed E-state index contributed by atoms with van der Waals surface area (Å²) in [5, 5.41) is 8.22. The number of anilines is 1. The van der Waals surface area contributed by atoms with Crippen LogP contribution in [-0.4, -0.2) is 10.9 Å². The summed E-state index contributed by atoms with van der Waals surface area (Å²) in [6.07, 6.45) is 2.81. The van der Waals surface area contributed by atoms with Crippen LogP contribution in [-0.2, 0) is 24.3 Å². The molecule has 2 aromatic rings. The molecule has 2 N–H and O–H groups in total. The summed E-state index contributed by atoms with van der Waals surface area (Å²) in [5.74, 6) is -0.0392. The normalized spacial score (nSPS) is 10.5. The fourth-order valence-electron chi connectivity index (χ4n) is 2.03. The molecule has 0 fully saturated rings. The molecule has 0 radical (unpaired) electrons. The van der Waals surface area contributed by atoms with Crippen LogP contribution in [0.4, 0.5) is 5.69 Å². The maximum Gasteiger partial charge on any atom is 0.221 e. The summed E-state index contributed by atoms with van der Waals surface area (Å²) >= 11 is 1.64. The highest BCUT2D eigenvalue weighted by atomic mass is 32.1. The molecule has 0 saturated heterocycles. The van der Waals surface area contributed by atoms with Crippen LogP contribution < -0.4 is 10.6 Å². The van der Waals surface area contributed by atoms with E-state index >= 15 is 0 Å². The lowest BCUT2D eigenvalue weighted by atomic mass is 10.1. The Balaban J connectivity index is 1.93. The zero-order valence-corrected chi connectivity index (χ0v) is 12.6. The molecule has 1 amide bonds. The molecule has 0 saturated carbocycles. The quantitative estimate of drug-likeness (QED) is 0.859. The number of pyridine rings is 1. The number of nitrogens with zero attached hydrogens (tertiary/aromatic N) is 1. The van der Waals surface area contributed by atoms with Gasteiger partial charge in [-0.15, -0.1) is 11.3 Å². The lowest BCUT2D eigenvalue weighted by Gasteiger charge is -2.09. The highest BCUT2D eigenvalue weighted by Gasteiger charge is 2.06. The van der Waals surface area contributed by atoms with Crippen LogP contribution in [0.15, 0.2) is 29.8 Å². The average Bonchev–Trinajstić information content (AvgIpc) is 2.86. The summed E-state index contributed by atoms with van der Waals surface area (Å²) in [6.45, 7) is 5.12. The van der Waals surface area contributed by atoms with Gasteiger partial charge in [0.05, 0.1) is 11.4 Å². The predicted octanol–water partition coefficient (Wildman–Crippen LogP) is 2.95. The molecule has 2 aromatic heterocycles. The second-order valence-electron chi connectivity index (χ2n) is 4.50. The second-order valence-corrected chi connectivity index (χ2v) is 5.51. The van der Waals surface area contributed by atoms with Crippen molar-refractivity contribution in [3.05, 3.63) is 45.9 Å². The summed E-state index contributed by atoms with van der Waals surface area (Å²) in [6, 6.07) is 6.01. The van der Waals surface area contributed by atoms with Gasteiger partial charge in [0.1, 0.15) is 0 Å². The van der Waals surface area contributed by atoms with E-state index in [9.17, 15) is 4.79 Å². The van der Waals surface area contributed by atoms with Gasteiger partial charge in [-0.05, 0) is 29.5 Å². The number of aromatic nitrogens is 1. The van der Waals surface area contributed by atoms with Gasteiger partial charge in [-0.25, -0.2) is 0 Å². The molecule has 2 rings (SSSR count). The van der Waals surface area contributed by atoms with Gasteiger partial charge < -0.3 is 10.6 Å². The minimum absolute atomic E-state index is 0.0392. The lowest BCUT2D eigenvalue weighted by molar-refractivity contribution is -0.114. The minimum atomic E-state index is -0.0392. The van der Waals surface area contributed by atoms with E-state index in [-0.39, 0.29) is 5.91 Å². The van der Waals surface area contributed by atoms with Crippen molar-refractivity contribution < 1.29 is 4.79 Å². The fourth-order valence-corrected chi connectivity index (χ4v) is 2.83. The summed E-state index contributed by atoms with van der Waals surface area (Å²) in [7, 11) is 0. The van der Waals surface area contributed by atoms with Crippen molar-refractivity contribution in [3.63, 3.8) is 0 Å². The molecule has 0 atom stereocenters. The number of aryl methyl sites for hydroxylation is 1. The highest BCUT2D eigenvalue weighted by Crippen LogP contribution is 2.22. The Morgan fingerprint density at radius 1 is 1.35 bits per heavy atom. The summed E-state index contributed by atoms with van der Waals surface area (Å²) < 4.78 is 0. The molecule has 0 unspecified atom stereocenters. The molecule has 0 aliphatic heterocycles. The molecule has 0 aromatic carbocycles. The van der Waals surface area contributed by atoms with Gasteiger partial charge in [-0.3, -0.25) is 9.78 Å². The van der Waals surface area contributed by atoms with Crippen LogP contribution in [0.1, 0.15) is 30.0 Å². The molecular weight excluding hydrogens is 270 g/mol. The summed E-state index contributed by atoms with van der Waals surface area (Å²) in [5.41, 5.74) is 3.26. The van der Waals surface area contributed by atoms with Gasteiger partial charge in [-0.1, -0.05) is 13.0 Å². The molecule has 0 aliphatic carbocycles. The molecule has 4 nitrogen and oxygen atoms in total. The maximum absolute atomic E-state index is 11.1. The van der Waals surface area contributed by atoms with Crippen molar-refractivity contribution in [2.45, 2.75) is 33.4 Å². The smallest absolute Gasteiger partial charge is 0.221 e. The molecule has 0 spiro atoms. The number of rotatable bonds is 6. The third kappa shape index (κ3) is 3.88. The van der Waals surface area contributed by atoms with Gasteiger partial charge in [0, 0.05) is 31.1 Å². The largest absolute Gasteiger partial charge is 0.325 e. The van der Waals surface area contributed by atoms with E-state index in [0.717, 1.165) is 35.8 Å². The molecule has 20 heavy (non-hydrogen) atoms. The zero-order chi connectivity index (χ0) is 14.4. The predicted molar refractivity (Wildman–Crippen MR) is 82.8 cm³/mol. The Labute approximate surface area is 123 Å². The molecule has 2 heterocycles. The molecule has 5 heteroatoms. The van der Waals surface area contributed by atoms with Crippen LogP contribution in [0.3, 0.4) is 0 Å². The van der Waals surface area contributed by atoms with Crippen LogP contribution in [0, 0.1) is 0 Å². The SMILES string of the molecule is CCc1cccnc1CNCc1sccc1NC(C)=O. The van der Waals surface area contributed by atoms with E-state index in [0.29, 0.717) is 0 Å². The van der Waals surface area contributed by atoms with Crippen molar-refractivity contribution in [2.24, 2.45) is 0 Å². The number of nitrogens with one attached hydrogen (secondary N) is 2. The fraction of sp³-hybridized carbons (Fsp3) is 0.333. The Kier molecular flexibility index (Phi) is 5.26. The standard InChI is InChI=1S/C15H19N3OS/c1-3-12-5-4-7-17-14(12)9-16-10-15-13(6-8-20-15)18-11(2)19/h4-8,16H,3,9-10H2,1-2H3,(H,18,19). The number of hydrogen-bond donors (Lipinski definition) is 2.